The second-order valence-corrected chi connectivity index (χ2v) is 7.63. The summed E-state index contributed by atoms with van der Waals surface area (Å²) in [6.07, 6.45) is 6.22. The van der Waals surface area contributed by atoms with E-state index in [1.807, 2.05) is 13.8 Å². The molecule has 0 bridgehead atoms. The first kappa shape index (κ1) is 23.7. The van der Waals surface area contributed by atoms with Gasteiger partial charge in [0.15, 0.2) is 0 Å². The molecule has 0 saturated carbocycles. The standard InChI is InChI=1S/C20H39NO4/c1-7-8-9-10-13-25-20(23)21(6)18(15-17(4)5)19(22)24-14-11-12-16(2)3/h16-18H,7-15H2,1-6H3/t18-/m0/s1. The molecule has 5 heteroatoms. The van der Waals surface area contributed by atoms with Gasteiger partial charge in [0, 0.05) is 7.05 Å². The molecule has 0 N–H and O–H groups in total. The quantitative estimate of drug-likeness (QED) is 0.343. The molecule has 0 radical (unpaired) electrons. The number of nitrogens with zero attached hydrogens (tertiary/aromatic N) is 1. The van der Waals surface area contributed by atoms with Crippen molar-refractivity contribution < 1.29 is 19.1 Å². The Morgan fingerprint density at radius 2 is 1.52 bits per heavy atom. The SMILES string of the molecule is CCCCCCOC(=O)N(C)[C@@H](CC(C)C)C(=O)OCCCC(C)C. The number of likely N-dealkylation sites (N-methyl/N-ethyl adjacent to an activating group) is 1. The van der Waals surface area contributed by atoms with Crippen LogP contribution in [0.2, 0.25) is 0 Å². The highest BCUT2D eigenvalue weighted by molar-refractivity contribution is 5.81. The molecule has 0 saturated heterocycles. The van der Waals surface area contributed by atoms with Crippen LogP contribution in [-0.4, -0.2) is 43.3 Å². The van der Waals surface area contributed by atoms with Crippen molar-refractivity contribution >= 4 is 12.1 Å². The molecular formula is C20H39NO4. The van der Waals surface area contributed by atoms with E-state index < -0.39 is 12.1 Å². The van der Waals surface area contributed by atoms with Crippen molar-refractivity contribution in [3.63, 3.8) is 0 Å². The lowest BCUT2D eigenvalue weighted by atomic mass is 10.0. The summed E-state index contributed by atoms with van der Waals surface area (Å²) in [6, 6.07) is -0.581. The van der Waals surface area contributed by atoms with Crippen LogP contribution in [0.15, 0.2) is 0 Å². The number of carbonyl (C=O) groups excluding carboxylic acids is 2. The summed E-state index contributed by atoms with van der Waals surface area (Å²) in [5.41, 5.74) is 0. The van der Waals surface area contributed by atoms with Gasteiger partial charge in [-0.2, -0.15) is 0 Å². The molecule has 0 rings (SSSR count). The Balaban J connectivity index is 4.45. The minimum Gasteiger partial charge on any atom is -0.464 e. The first-order valence-electron chi connectivity index (χ1n) is 9.85. The van der Waals surface area contributed by atoms with Crippen molar-refractivity contribution in [2.24, 2.45) is 11.8 Å². The highest BCUT2D eigenvalue weighted by Crippen LogP contribution is 2.14. The van der Waals surface area contributed by atoms with Gasteiger partial charge < -0.3 is 9.47 Å². The van der Waals surface area contributed by atoms with E-state index in [1.165, 1.54) is 4.90 Å². The number of ether oxygens (including phenoxy) is 2. The molecule has 0 aliphatic carbocycles. The summed E-state index contributed by atoms with van der Waals surface area (Å²) < 4.78 is 10.7. The van der Waals surface area contributed by atoms with Gasteiger partial charge in [0.25, 0.3) is 0 Å². The summed E-state index contributed by atoms with van der Waals surface area (Å²) in [5, 5.41) is 0. The molecule has 1 atom stereocenters. The maximum absolute atomic E-state index is 12.4. The summed E-state index contributed by atoms with van der Waals surface area (Å²) in [4.78, 5) is 26.0. The van der Waals surface area contributed by atoms with E-state index in [1.54, 1.807) is 7.05 Å². The number of amides is 1. The van der Waals surface area contributed by atoms with Crippen LogP contribution in [0.4, 0.5) is 4.79 Å². The molecule has 25 heavy (non-hydrogen) atoms. The minimum absolute atomic E-state index is 0.285. The van der Waals surface area contributed by atoms with Gasteiger partial charge in [-0.25, -0.2) is 9.59 Å². The van der Waals surface area contributed by atoms with Crippen molar-refractivity contribution in [2.75, 3.05) is 20.3 Å². The molecule has 5 nitrogen and oxygen atoms in total. The van der Waals surface area contributed by atoms with E-state index in [0.717, 1.165) is 38.5 Å². The third-order valence-corrected chi connectivity index (χ3v) is 4.12. The fourth-order valence-corrected chi connectivity index (χ4v) is 2.54. The molecule has 0 aliphatic heterocycles. The van der Waals surface area contributed by atoms with E-state index in [9.17, 15) is 9.59 Å². The smallest absolute Gasteiger partial charge is 0.410 e. The number of hydrogen-bond donors (Lipinski definition) is 0. The lowest BCUT2D eigenvalue weighted by Gasteiger charge is -2.27. The zero-order chi connectivity index (χ0) is 19.2. The predicted molar refractivity (Wildman–Crippen MR) is 102 cm³/mol. The van der Waals surface area contributed by atoms with Crippen LogP contribution in [0.3, 0.4) is 0 Å². The zero-order valence-corrected chi connectivity index (χ0v) is 17.2. The highest BCUT2D eigenvalue weighted by Gasteiger charge is 2.29. The fourth-order valence-electron chi connectivity index (χ4n) is 2.54. The Hall–Kier alpha value is -1.26. The summed E-state index contributed by atoms with van der Waals surface area (Å²) in [5.74, 6) is 0.548. The van der Waals surface area contributed by atoms with Gasteiger partial charge >= 0.3 is 12.1 Å². The molecule has 0 aromatic rings. The molecule has 0 aromatic heterocycles. The lowest BCUT2D eigenvalue weighted by Crippen LogP contribution is -2.44. The molecule has 0 unspecified atom stereocenters. The van der Waals surface area contributed by atoms with Crippen LogP contribution in [0.5, 0.6) is 0 Å². The average molecular weight is 358 g/mol. The summed E-state index contributed by atoms with van der Waals surface area (Å²) in [7, 11) is 1.62. The van der Waals surface area contributed by atoms with Gasteiger partial charge in [0.2, 0.25) is 0 Å². The van der Waals surface area contributed by atoms with Gasteiger partial charge in [-0.3, -0.25) is 4.90 Å². The van der Waals surface area contributed by atoms with Crippen LogP contribution in [0, 0.1) is 11.8 Å². The number of carbonyl (C=O) groups is 2. The van der Waals surface area contributed by atoms with E-state index >= 15 is 0 Å². The normalized spacial score (nSPS) is 12.3. The summed E-state index contributed by atoms with van der Waals surface area (Å²) >= 11 is 0. The van der Waals surface area contributed by atoms with E-state index in [4.69, 9.17) is 9.47 Å². The Morgan fingerprint density at radius 1 is 0.880 bits per heavy atom. The highest BCUT2D eigenvalue weighted by atomic mass is 16.6. The lowest BCUT2D eigenvalue weighted by molar-refractivity contribution is -0.149. The Labute approximate surface area is 154 Å². The Morgan fingerprint density at radius 3 is 2.08 bits per heavy atom. The second kappa shape index (κ2) is 14.0. The van der Waals surface area contributed by atoms with E-state index in [-0.39, 0.29) is 11.9 Å². The first-order chi connectivity index (χ1) is 11.8. The van der Waals surface area contributed by atoms with Crippen LogP contribution < -0.4 is 0 Å². The van der Waals surface area contributed by atoms with Gasteiger partial charge in [-0.05, 0) is 37.5 Å². The van der Waals surface area contributed by atoms with Gasteiger partial charge in [-0.15, -0.1) is 0 Å². The minimum atomic E-state index is -0.581. The Kier molecular flexibility index (Phi) is 13.3. The monoisotopic (exact) mass is 357 g/mol. The van der Waals surface area contributed by atoms with Crippen molar-refractivity contribution in [1.82, 2.24) is 4.90 Å². The average Bonchev–Trinajstić information content (AvgIpc) is 2.55. The van der Waals surface area contributed by atoms with Crippen molar-refractivity contribution in [3.05, 3.63) is 0 Å². The van der Waals surface area contributed by atoms with Gasteiger partial charge in [0.1, 0.15) is 6.04 Å². The van der Waals surface area contributed by atoms with Gasteiger partial charge in [-0.1, -0.05) is 53.9 Å². The molecule has 0 heterocycles. The largest absolute Gasteiger partial charge is 0.464 e. The predicted octanol–water partition coefficient (Wildman–Crippen LogP) is 5.03. The van der Waals surface area contributed by atoms with Crippen molar-refractivity contribution in [1.29, 1.82) is 0 Å². The molecular weight excluding hydrogens is 318 g/mol. The van der Waals surface area contributed by atoms with Crippen LogP contribution >= 0.6 is 0 Å². The molecule has 0 fully saturated rings. The number of rotatable bonds is 13. The topological polar surface area (TPSA) is 55.8 Å². The van der Waals surface area contributed by atoms with Crippen LogP contribution in [0.1, 0.15) is 79.6 Å². The molecule has 0 aliphatic rings. The fraction of sp³-hybridized carbons (Fsp3) is 0.900. The Bertz CT molecular complexity index is 369. The maximum atomic E-state index is 12.4. The number of hydrogen-bond acceptors (Lipinski definition) is 4. The third-order valence-electron chi connectivity index (χ3n) is 4.12. The van der Waals surface area contributed by atoms with Gasteiger partial charge in [0.05, 0.1) is 13.2 Å². The van der Waals surface area contributed by atoms with E-state index in [0.29, 0.717) is 25.6 Å². The van der Waals surface area contributed by atoms with Crippen molar-refractivity contribution in [2.45, 2.75) is 85.6 Å². The van der Waals surface area contributed by atoms with Crippen molar-refractivity contribution in [3.8, 4) is 0 Å². The first-order valence-corrected chi connectivity index (χ1v) is 9.85. The molecule has 0 aromatic carbocycles. The maximum Gasteiger partial charge on any atom is 0.410 e. The number of unbranched alkanes of at least 4 members (excludes halogenated alkanes) is 3. The third kappa shape index (κ3) is 11.8. The second-order valence-electron chi connectivity index (χ2n) is 7.63. The molecule has 148 valence electrons. The summed E-state index contributed by atoms with van der Waals surface area (Å²) in [6.45, 7) is 11.3. The number of esters is 1. The van der Waals surface area contributed by atoms with E-state index in [2.05, 4.69) is 20.8 Å². The van der Waals surface area contributed by atoms with Crippen LogP contribution in [-0.2, 0) is 14.3 Å². The molecule has 0 spiro atoms. The zero-order valence-electron chi connectivity index (χ0n) is 17.2. The van der Waals surface area contributed by atoms with Crippen LogP contribution in [0.25, 0.3) is 0 Å². The molecule has 1 amide bonds.